The number of hydrogen-bond acceptors (Lipinski definition) is 3. The number of nitrogens with zero attached hydrogens (tertiary/aromatic N) is 2. The van der Waals surface area contributed by atoms with Gasteiger partial charge in [-0.05, 0) is 56.6 Å². The van der Waals surface area contributed by atoms with Crippen molar-refractivity contribution in [3.05, 3.63) is 42.4 Å². The fourth-order valence-electron chi connectivity index (χ4n) is 1.53. The smallest absolute Gasteiger partial charge is 0.264 e. The van der Waals surface area contributed by atoms with Crippen LogP contribution in [-0.2, 0) is 0 Å². The van der Waals surface area contributed by atoms with Gasteiger partial charge in [0.25, 0.3) is 5.56 Å². The molecule has 0 aromatic carbocycles. The first-order chi connectivity index (χ1) is 8.50. The Bertz CT molecular complexity index is 639. The molecule has 2 aromatic rings. The zero-order valence-electron chi connectivity index (χ0n) is 9.87. The van der Waals surface area contributed by atoms with Crippen molar-refractivity contribution in [1.82, 2.24) is 15.0 Å². The van der Waals surface area contributed by atoms with Gasteiger partial charge in [0.1, 0.15) is 5.69 Å². The van der Waals surface area contributed by atoms with E-state index in [0.29, 0.717) is 15.1 Å². The van der Waals surface area contributed by atoms with Crippen LogP contribution in [-0.4, -0.2) is 15.0 Å². The second-order valence-corrected chi connectivity index (χ2v) is 6.04. The molecule has 0 aliphatic heterocycles. The predicted octanol–water partition coefficient (Wildman–Crippen LogP) is 3.32. The number of halogens is 2. The van der Waals surface area contributed by atoms with E-state index in [1.165, 1.54) is 0 Å². The Morgan fingerprint density at radius 1 is 1.44 bits per heavy atom. The number of aromatic amines is 1. The number of nitrogens with one attached hydrogen (secondary N) is 1. The highest BCUT2D eigenvalue weighted by atomic mass is 127. The summed E-state index contributed by atoms with van der Waals surface area (Å²) in [5, 5.41) is 0. The zero-order valence-corrected chi connectivity index (χ0v) is 13.6. The molecule has 18 heavy (non-hydrogen) atoms. The van der Waals surface area contributed by atoms with Crippen LogP contribution in [0.15, 0.2) is 27.6 Å². The van der Waals surface area contributed by atoms with Gasteiger partial charge in [-0.2, -0.15) is 0 Å². The molecule has 0 saturated heterocycles. The molecule has 0 amide bonds. The molecule has 0 aliphatic carbocycles. The van der Waals surface area contributed by atoms with Crippen LogP contribution in [0.3, 0.4) is 0 Å². The molecule has 0 unspecified atom stereocenters. The van der Waals surface area contributed by atoms with E-state index in [9.17, 15) is 4.79 Å². The Hall–Kier alpha value is -0.760. The Labute approximate surface area is 127 Å². The van der Waals surface area contributed by atoms with Gasteiger partial charge in [0.05, 0.1) is 9.26 Å². The van der Waals surface area contributed by atoms with Crippen LogP contribution in [0, 0.1) is 3.57 Å². The molecule has 2 rings (SSSR count). The highest BCUT2D eigenvalue weighted by molar-refractivity contribution is 14.1. The lowest BCUT2D eigenvalue weighted by atomic mass is 10.1. The minimum atomic E-state index is -0.123. The molecule has 0 bridgehead atoms. The lowest BCUT2D eigenvalue weighted by molar-refractivity contribution is 0.801. The molecule has 94 valence electrons. The van der Waals surface area contributed by atoms with Crippen molar-refractivity contribution in [3.8, 4) is 11.5 Å². The van der Waals surface area contributed by atoms with Crippen LogP contribution in [0.25, 0.3) is 11.5 Å². The van der Waals surface area contributed by atoms with E-state index in [1.807, 2.05) is 48.6 Å². The third-order valence-electron chi connectivity index (χ3n) is 2.42. The van der Waals surface area contributed by atoms with Crippen LogP contribution in [0.2, 0.25) is 0 Å². The van der Waals surface area contributed by atoms with Gasteiger partial charge in [0.2, 0.25) is 0 Å². The average Bonchev–Trinajstić information content (AvgIpc) is 2.33. The second kappa shape index (κ2) is 5.48. The van der Waals surface area contributed by atoms with Crippen molar-refractivity contribution < 1.29 is 0 Å². The molecular formula is C12H11BrIN3O. The fraction of sp³-hybridized carbons (Fsp3) is 0.250. The molecule has 1 N–H and O–H groups in total. The predicted molar refractivity (Wildman–Crippen MR) is 82.6 cm³/mol. The monoisotopic (exact) mass is 419 g/mol. The van der Waals surface area contributed by atoms with Gasteiger partial charge in [-0.3, -0.25) is 9.78 Å². The largest absolute Gasteiger partial charge is 0.304 e. The van der Waals surface area contributed by atoms with E-state index >= 15 is 0 Å². The molecule has 4 nitrogen and oxygen atoms in total. The highest BCUT2D eigenvalue weighted by Crippen LogP contribution is 2.24. The van der Waals surface area contributed by atoms with Crippen LogP contribution >= 0.6 is 38.5 Å². The maximum atomic E-state index is 11.9. The second-order valence-electron chi connectivity index (χ2n) is 4.10. The Balaban J connectivity index is 2.67. The van der Waals surface area contributed by atoms with E-state index < -0.39 is 0 Å². The summed E-state index contributed by atoms with van der Waals surface area (Å²) in [6, 6.07) is 3.69. The third kappa shape index (κ3) is 2.64. The van der Waals surface area contributed by atoms with Gasteiger partial charge in [0.15, 0.2) is 5.82 Å². The van der Waals surface area contributed by atoms with Crippen molar-refractivity contribution in [3.63, 3.8) is 0 Å². The van der Waals surface area contributed by atoms with Crippen molar-refractivity contribution in [2.75, 3.05) is 0 Å². The van der Waals surface area contributed by atoms with Crippen molar-refractivity contribution in [1.29, 1.82) is 0 Å². The van der Waals surface area contributed by atoms with E-state index in [2.05, 4.69) is 30.9 Å². The molecule has 0 aliphatic rings. The van der Waals surface area contributed by atoms with Crippen molar-refractivity contribution in [2.45, 2.75) is 19.8 Å². The number of pyridine rings is 1. The molecule has 0 atom stereocenters. The average molecular weight is 420 g/mol. The van der Waals surface area contributed by atoms with Gasteiger partial charge in [-0.1, -0.05) is 13.8 Å². The fourth-order valence-corrected chi connectivity index (χ4v) is 2.85. The first kappa shape index (κ1) is 13.7. The quantitative estimate of drug-likeness (QED) is 0.759. The molecule has 6 heteroatoms. The lowest BCUT2D eigenvalue weighted by Crippen LogP contribution is -2.17. The normalized spacial score (nSPS) is 10.9. The number of H-pyrrole nitrogens is 1. The number of rotatable bonds is 2. The zero-order chi connectivity index (χ0) is 13.3. The Morgan fingerprint density at radius 3 is 2.78 bits per heavy atom. The summed E-state index contributed by atoms with van der Waals surface area (Å²) in [5.74, 6) is 0.692. The van der Waals surface area contributed by atoms with E-state index in [-0.39, 0.29) is 11.5 Å². The minimum absolute atomic E-state index is 0.123. The minimum Gasteiger partial charge on any atom is -0.304 e. The lowest BCUT2D eigenvalue weighted by Gasteiger charge is -2.09. The van der Waals surface area contributed by atoms with Crippen LogP contribution in [0.4, 0.5) is 0 Å². The van der Waals surface area contributed by atoms with E-state index in [1.54, 1.807) is 6.20 Å². The van der Waals surface area contributed by atoms with Crippen LogP contribution in [0.5, 0.6) is 0 Å². The summed E-state index contributed by atoms with van der Waals surface area (Å²) in [6.45, 7) is 4.03. The summed E-state index contributed by atoms with van der Waals surface area (Å²) in [6.07, 6.45) is 1.67. The van der Waals surface area contributed by atoms with E-state index in [4.69, 9.17) is 0 Å². The number of aromatic nitrogens is 3. The summed E-state index contributed by atoms with van der Waals surface area (Å²) in [7, 11) is 0. The molecule has 2 heterocycles. The molecular weight excluding hydrogens is 409 g/mol. The van der Waals surface area contributed by atoms with Gasteiger partial charge in [-0.15, -0.1) is 0 Å². The summed E-state index contributed by atoms with van der Waals surface area (Å²) in [5.41, 5.74) is 1.32. The maximum absolute atomic E-state index is 11.9. The molecule has 0 fully saturated rings. The van der Waals surface area contributed by atoms with Crippen molar-refractivity contribution in [2.24, 2.45) is 0 Å². The van der Waals surface area contributed by atoms with Crippen LogP contribution in [0.1, 0.15) is 25.5 Å². The van der Waals surface area contributed by atoms with Gasteiger partial charge in [-0.25, -0.2) is 4.98 Å². The Morgan fingerprint density at radius 2 is 2.17 bits per heavy atom. The number of hydrogen-bond donors (Lipinski definition) is 1. The molecule has 0 radical (unpaired) electrons. The van der Waals surface area contributed by atoms with Gasteiger partial charge in [0, 0.05) is 10.7 Å². The first-order valence-corrected chi connectivity index (χ1v) is 7.28. The Kier molecular flexibility index (Phi) is 4.16. The maximum Gasteiger partial charge on any atom is 0.264 e. The topological polar surface area (TPSA) is 58.6 Å². The highest BCUT2D eigenvalue weighted by Gasteiger charge is 2.14. The SMILES string of the molecule is CC(C)c1nc(-c2ncccc2Br)[nH]c(=O)c1I. The van der Waals surface area contributed by atoms with Gasteiger partial charge < -0.3 is 4.98 Å². The third-order valence-corrected chi connectivity index (χ3v) is 4.10. The molecule has 0 saturated carbocycles. The summed E-state index contributed by atoms with van der Waals surface area (Å²) < 4.78 is 1.45. The molecule has 2 aromatic heterocycles. The first-order valence-electron chi connectivity index (χ1n) is 5.41. The van der Waals surface area contributed by atoms with Crippen molar-refractivity contribution >= 4 is 38.5 Å². The van der Waals surface area contributed by atoms with Crippen LogP contribution < -0.4 is 5.56 Å². The molecule has 0 spiro atoms. The summed E-state index contributed by atoms with van der Waals surface area (Å²) in [4.78, 5) is 23.4. The van der Waals surface area contributed by atoms with E-state index in [0.717, 1.165) is 10.2 Å². The van der Waals surface area contributed by atoms with Gasteiger partial charge >= 0.3 is 0 Å². The standard InChI is InChI=1S/C12H11BrIN3O/c1-6(2)9-8(14)12(18)17-11(16-9)10-7(13)4-3-5-15-10/h3-6H,1-2H3,(H,16,17,18). The summed E-state index contributed by atoms with van der Waals surface area (Å²) >= 11 is 5.44.